The summed E-state index contributed by atoms with van der Waals surface area (Å²) in [5.74, 6) is 0.599. The van der Waals surface area contributed by atoms with Crippen molar-refractivity contribution in [2.75, 3.05) is 31.1 Å². The van der Waals surface area contributed by atoms with E-state index in [1.165, 1.54) is 0 Å². The van der Waals surface area contributed by atoms with E-state index in [1.54, 1.807) is 11.8 Å². The average Bonchev–Trinajstić information content (AvgIpc) is 2.74. The molecule has 146 valence electrons. The molecule has 2 aliphatic heterocycles. The molecule has 1 fully saturated rings. The maximum Gasteiger partial charge on any atom is 0.267 e. The minimum Gasteiger partial charge on any atom is -0.479 e. The third-order valence-corrected chi connectivity index (χ3v) is 5.21. The van der Waals surface area contributed by atoms with Crippen molar-refractivity contribution in [3.05, 3.63) is 60.2 Å². The summed E-state index contributed by atoms with van der Waals surface area (Å²) in [6.07, 6.45) is -0.380. The fourth-order valence-electron chi connectivity index (χ4n) is 3.70. The lowest BCUT2D eigenvalue weighted by Crippen LogP contribution is -2.47. The maximum absolute atomic E-state index is 12.8. The monoisotopic (exact) mass is 380 g/mol. The SMILES string of the molecule is CC1Oc2ccccc2N(CCC(=O)N2CCOC(c3ccccc3)C2)C1=O. The molecule has 0 spiro atoms. The molecule has 6 heteroatoms. The Morgan fingerprint density at radius 1 is 1.11 bits per heavy atom. The van der Waals surface area contributed by atoms with Crippen molar-refractivity contribution in [1.29, 1.82) is 0 Å². The first-order chi connectivity index (χ1) is 13.6. The van der Waals surface area contributed by atoms with Gasteiger partial charge in [-0.1, -0.05) is 42.5 Å². The van der Waals surface area contributed by atoms with Crippen molar-refractivity contribution >= 4 is 17.5 Å². The normalized spacial score (nSPS) is 21.8. The van der Waals surface area contributed by atoms with Crippen LogP contribution < -0.4 is 9.64 Å². The van der Waals surface area contributed by atoms with Gasteiger partial charge in [0.15, 0.2) is 6.10 Å². The number of amides is 2. The van der Waals surface area contributed by atoms with Crippen LogP contribution in [0.15, 0.2) is 54.6 Å². The Labute approximate surface area is 164 Å². The van der Waals surface area contributed by atoms with Gasteiger partial charge in [-0.05, 0) is 24.6 Å². The highest BCUT2D eigenvalue weighted by Gasteiger charge is 2.32. The number of anilines is 1. The second-order valence-corrected chi connectivity index (χ2v) is 7.08. The highest BCUT2D eigenvalue weighted by molar-refractivity contribution is 6.00. The van der Waals surface area contributed by atoms with Crippen molar-refractivity contribution in [1.82, 2.24) is 4.90 Å². The molecule has 0 bridgehead atoms. The van der Waals surface area contributed by atoms with Crippen LogP contribution in [-0.4, -0.2) is 49.1 Å². The third kappa shape index (κ3) is 3.73. The molecule has 2 atom stereocenters. The predicted molar refractivity (Wildman–Crippen MR) is 105 cm³/mol. The molecular weight excluding hydrogens is 356 g/mol. The molecular formula is C22H24N2O4. The van der Waals surface area contributed by atoms with Crippen molar-refractivity contribution in [3.63, 3.8) is 0 Å². The third-order valence-electron chi connectivity index (χ3n) is 5.21. The highest BCUT2D eigenvalue weighted by Crippen LogP contribution is 2.33. The summed E-state index contributed by atoms with van der Waals surface area (Å²) in [4.78, 5) is 28.9. The Bertz CT molecular complexity index is 855. The summed E-state index contributed by atoms with van der Waals surface area (Å²) in [7, 11) is 0. The largest absolute Gasteiger partial charge is 0.479 e. The molecule has 1 saturated heterocycles. The van der Waals surface area contributed by atoms with E-state index in [0.29, 0.717) is 32.0 Å². The van der Waals surface area contributed by atoms with Gasteiger partial charge in [-0.25, -0.2) is 0 Å². The molecule has 0 aromatic heterocycles. The molecule has 2 aromatic carbocycles. The Kier molecular flexibility index (Phi) is 5.30. The van der Waals surface area contributed by atoms with Gasteiger partial charge < -0.3 is 19.3 Å². The summed E-state index contributed by atoms with van der Waals surface area (Å²) >= 11 is 0. The van der Waals surface area contributed by atoms with E-state index in [-0.39, 0.29) is 24.3 Å². The molecule has 2 aromatic rings. The van der Waals surface area contributed by atoms with Crippen LogP contribution in [0.1, 0.15) is 25.0 Å². The number of para-hydroxylation sites is 2. The summed E-state index contributed by atoms with van der Waals surface area (Å²) in [6.45, 7) is 3.70. The van der Waals surface area contributed by atoms with E-state index in [2.05, 4.69) is 0 Å². The number of nitrogens with zero attached hydrogens (tertiary/aromatic N) is 2. The van der Waals surface area contributed by atoms with Crippen LogP contribution in [0, 0.1) is 0 Å². The van der Waals surface area contributed by atoms with Crippen LogP contribution in [0.2, 0.25) is 0 Å². The van der Waals surface area contributed by atoms with Crippen LogP contribution in [0.3, 0.4) is 0 Å². The van der Waals surface area contributed by atoms with E-state index in [1.807, 2.05) is 59.5 Å². The molecule has 0 radical (unpaired) electrons. The number of morpholine rings is 1. The lowest BCUT2D eigenvalue weighted by atomic mass is 10.1. The number of carbonyl (C=O) groups is 2. The number of carbonyl (C=O) groups excluding carboxylic acids is 2. The highest BCUT2D eigenvalue weighted by atomic mass is 16.5. The van der Waals surface area contributed by atoms with E-state index in [4.69, 9.17) is 9.47 Å². The predicted octanol–water partition coefficient (Wildman–Crippen LogP) is 2.79. The first kappa shape index (κ1) is 18.5. The second-order valence-electron chi connectivity index (χ2n) is 7.08. The van der Waals surface area contributed by atoms with Gasteiger partial charge in [0.2, 0.25) is 5.91 Å². The van der Waals surface area contributed by atoms with E-state index < -0.39 is 6.10 Å². The molecule has 4 rings (SSSR count). The molecule has 0 aliphatic carbocycles. The van der Waals surface area contributed by atoms with Gasteiger partial charge >= 0.3 is 0 Å². The van der Waals surface area contributed by atoms with Gasteiger partial charge in [0.25, 0.3) is 5.91 Å². The van der Waals surface area contributed by atoms with Gasteiger partial charge in [-0.3, -0.25) is 9.59 Å². The zero-order valence-corrected chi connectivity index (χ0v) is 15.9. The zero-order chi connectivity index (χ0) is 19.5. The number of rotatable bonds is 4. The number of hydrogen-bond donors (Lipinski definition) is 0. The van der Waals surface area contributed by atoms with Gasteiger partial charge in [0, 0.05) is 19.5 Å². The molecule has 2 amide bonds. The first-order valence-electron chi connectivity index (χ1n) is 9.65. The lowest BCUT2D eigenvalue weighted by Gasteiger charge is -2.35. The van der Waals surface area contributed by atoms with Crippen LogP contribution in [0.25, 0.3) is 0 Å². The maximum atomic E-state index is 12.8. The smallest absolute Gasteiger partial charge is 0.267 e. The molecule has 0 N–H and O–H groups in total. The van der Waals surface area contributed by atoms with E-state index >= 15 is 0 Å². The zero-order valence-electron chi connectivity index (χ0n) is 15.9. The minimum atomic E-state index is -0.546. The Morgan fingerprint density at radius 3 is 2.68 bits per heavy atom. The standard InChI is InChI=1S/C22H24N2O4/c1-16-22(26)24(18-9-5-6-10-19(18)28-16)12-11-21(25)23-13-14-27-20(15-23)17-7-3-2-4-8-17/h2-10,16,20H,11-15H2,1H3. The molecule has 2 aliphatic rings. The summed E-state index contributed by atoms with van der Waals surface area (Å²) < 4.78 is 11.5. The fraction of sp³-hybridized carbons (Fsp3) is 0.364. The van der Waals surface area contributed by atoms with Crippen LogP contribution in [-0.2, 0) is 14.3 Å². The minimum absolute atomic E-state index is 0.0358. The first-order valence-corrected chi connectivity index (χ1v) is 9.65. The second kappa shape index (κ2) is 8.02. The molecule has 6 nitrogen and oxygen atoms in total. The van der Waals surface area contributed by atoms with E-state index in [0.717, 1.165) is 11.3 Å². The Balaban J connectivity index is 1.41. The van der Waals surface area contributed by atoms with Crippen molar-refractivity contribution in [2.45, 2.75) is 25.6 Å². The topological polar surface area (TPSA) is 59.1 Å². The molecule has 2 heterocycles. The number of benzene rings is 2. The Morgan fingerprint density at radius 2 is 1.86 bits per heavy atom. The number of hydrogen-bond acceptors (Lipinski definition) is 4. The van der Waals surface area contributed by atoms with Gasteiger partial charge in [0.05, 0.1) is 18.8 Å². The molecule has 28 heavy (non-hydrogen) atoms. The van der Waals surface area contributed by atoms with Crippen molar-refractivity contribution in [3.8, 4) is 5.75 Å². The summed E-state index contributed by atoms with van der Waals surface area (Å²) in [6, 6.07) is 17.4. The average molecular weight is 380 g/mol. The van der Waals surface area contributed by atoms with Gasteiger partial charge in [-0.2, -0.15) is 0 Å². The molecule has 2 unspecified atom stereocenters. The van der Waals surface area contributed by atoms with E-state index in [9.17, 15) is 9.59 Å². The fourth-order valence-corrected chi connectivity index (χ4v) is 3.70. The summed E-state index contributed by atoms with van der Waals surface area (Å²) in [5, 5.41) is 0. The number of ether oxygens (including phenoxy) is 2. The van der Waals surface area contributed by atoms with Gasteiger partial charge in [0.1, 0.15) is 11.9 Å². The van der Waals surface area contributed by atoms with Crippen LogP contribution in [0.4, 0.5) is 5.69 Å². The van der Waals surface area contributed by atoms with Gasteiger partial charge in [-0.15, -0.1) is 0 Å². The van der Waals surface area contributed by atoms with Crippen LogP contribution >= 0.6 is 0 Å². The summed E-state index contributed by atoms with van der Waals surface area (Å²) in [5.41, 5.74) is 1.80. The number of fused-ring (bicyclic) bond motifs is 1. The van der Waals surface area contributed by atoms with Crippen molar-refractivity contribution < 1.29 is 19.1 Å². The lowest BCUT2D eigenvalue weighted by molar-refractivity contribution is -0.138. The van der Waals surface area contributed by atoms with Crippen molar-refractivity contribution in [2.24, 2.45) is 0 Å². The quantitative estimate of drug-likeness (QED) is 0.818. The Hall–Kier alpha value is -2.86. The van der Waals surface area contributed by atoms with Crippen LogP contribution in [0.5, 0.6) is 5.75 Å². The molecule has 0 saturated carbocycles.